The van der Waals surface area contributed by atoms with E-state index in [1.165, 1.54) is 0 Å². The Morgan fingerprint density at radius 3 is 1.29 bits per heavy atom. The molecule has 0 N–H and O–H groups in total. The van der Waals surface area contributed by atoms with Gasteiger partial charge in [-0.3, -0.25) is 0 Å². The van der Waals surface area contributed by atoms with Gasteiger partial charge < -0.3 is 4.74 Å². The van der Waals surface area contributed by atoms with E-state index in [-0.39, 0.29) is 8.41 Å². The highest BCUT2D eigenvalue weighted by atomic mass is 16.5. The zero-order chi connectivity index (χ0) is 8.93. The molecule has 2 heteroatoms. The van der Waals surface area contributed by atoms with Gasteiger partial charge in [-0.25, -0.2) is 0 Å². The topological polar surface area (TPSA) is 9.23 Å². The SMILES string of the molecule is B.c1ccc(Oc2ccccc2)cc1. The molecule has 0 fully saturated rings. The number of rotatable bonds is 2. The Labute approximate surface area is 85.9 Å². The molecule has 0 atom stereocenters. The average molecular weight is 184 g/mol. The minimum atomic E-state index is 0. The van der Waals surface area contributed by atoms with Crippen LogP contribution in [0.2, 0.25) is 0 Å². The predicted octanol–water partition coefficient (Wildman–Crippen LogP) is 2.29. The number of ether oxygens (including phenoxy) is 1. The molecular formula is C12H13BO. The van der Waals surface area contributed by atoms with Crippen molar-refractivity contribution in [1.82, 2.24) is 0 Å². The van der Waals surface area contributed by atoms with Crippen molar-refractivity contribution in [2.45, 2.75) is 0 Å². The fraction of sp³-hybridized carbons (Fsp3) is 0. The molecule has 0 aromatic heterocycles. The van der Waals surface area contributed by atoms with Crippen LogP contribution in [-0.2, 0) is 0 Å². The van der Waals surface area contributed by atoms with Gasteiger partial charge in [-0.15, -0.1) is 0 Å². The van der Waals surface area contributed by atoms with E-state index in [1.54, 1.807) is 0 Å². The number of hydrogen-bond donors (Lipinski definition) is 0. The molecule has 14 heavy (non-hydrogen) atoms. The second kappa shape index (κ2) is 5.13. The maximum Gasteiger partial charge on any atom is 0.127 e. The van der Waals surface area contributed by atoms with Gasteiger partial charge in [0.05, 0.1) is 8.41 Å². The maximum atomic E-state index is 5.58. The van der Waals surface area contributed by atoms with Crippen molar-refractivity contribution < 1.29 is 4.74 Å². The lowest BCUT2D eigenvalue weighted by Crippen LogP contribution is -1.81. The summed E-state index contributed by atoms with van der Waals surface area (Å²) < 4.78 is 5.58. The van der Waals surface area contributed by atoms with Crippen molar-refractivity contribution >= 4 is 8.41 Å². The van der Waals surface area contributed by atoms with Crippen molar-refractivity contribution in [2.24, 2.45) is 0 Å². The molecule has 0 aliphatic carbocycles. The van der Waals surface area contributed by atoms with Crippen LogP contribution in [0.5, 0.6) is 11.5 Å². The predicted molar refractivity (Wildman–Crippen MR) is 62.9 cm³/mol. The molecule has 0 amide bonds. The van der Waals surface area contributed by atoms with E-state index in [2.05, 4.69) is 0 Å². The lowest BCUT2D eigenvalue weighted by molar-refractivity contribution is 0.482. The summed E-state index contributed by atoms with van der Waals surface area (Å²) in [6.45, 7) is 0. The number of para-hydroxylation sites is 2. The van der Waals surface area contributed by atoms with E-state index in [0.29, 0.717) is 0 Å². The van der Waals surface area contributed by atoms with Crippen LogP contribution in [0.1, 0.15) is 0 Å². The minimum absolute atomic E-state index is 0. The Balaban J connectivity index is 0.000000980. The van der Waals surface area contributed by atoms with E-state index in [0.717, 1.165) is 11.5 Å². The van der Waals surface area contributed by atoms with E-state index in [1.807, 2.05) is 60.7 Å². The van der Waals surface area contributed by atoms with Crippen molar-refractivity contribution in [2.75, 3.05) is 0 Å². The summed E-state index contributed by atoms with van der Waals surface area (Å²) in [5.74, 6) is 1.74. The van der Waals surface area contributed by atoms with Crippen LogP contribution in [0.15, 0.2) is 60.7 Å². The summed E-state index contributed by atoms with van der Waals surface area (Å²) in [5, 5.41) is 0. The van der Waals surface area contributed by atoms with Gasteiger partial charge in [0.2, 0.25) is 0 Å². The second-order valence-corrected chi connectivity index (χ2v) is 2.73. The van der Waals surface area contributed by atoms with Gasteiger partial charge >= 0.3 is 0 Å². The van der Waals surface area contributed by atoms with Gasteiger partial charge in [-0.2, -0.15) is 0 Å². The van der Waals surface area contributed by atoms with E-state index in [9.17, 15) is 0 Å². The third kappa shape index (κ3) is 2.66. The van der Waals surface area contributed by atoms with Crippen LogP contribution >= 0.6 is 0 Å². The number of hydrogen-bond acceptors (Lipinski definition) is 1. The molecule has 0 bridgehead atoms. The molecular weight excluding hydrogens is 171 g/mol. The first-order valence-electron chi connectivity index (χ1n) is 4.23. The lowest BCUT2D eigenvalue weighted by atomic mass is 10.3. The summed E-state index contributed by atoms with van der Waals surface area (Å²) in [5.41, 5.74) is 0. The Morgan fingerprint density at radius 2 is 0.929 bits per heavy atom. The first-order valence-corrected chi connectivity index (χ1v) is 4.23. The molecule has 0 spiro atoms. The zero-order valence-corrected chi connectivity index (χ0v) is 7.18. The van der Waals surface area contributed by atoms with Crippen molar-refractivity contribution in [3.05, 3.63) is 60.7 Å². The van der Waals surface area contributed by atoms with E-state index < -0.39 is 0 Å². The molecule has 0 aliphatic heterocycles. The first kappa shape index (κ1) is 10.4. The highest BCUT2D eigenvalue weighted by molar-refractivity contribution is 5.75. The van der Waals surface area contributed by atoms with Crippen molar-refractivity contribution in [3.8, 4) is 11.5 Å². The summed E-state index contributed by atoms with van der Waals surface area (Å²) >= 11 is 0. The van der Waals surface area contributed by atoms with Crippen LogP contribution in [0.3, 0.4) is 0 Å². The fourth-order valence-corrected chi connectivity index (χ4v) is 1.11. The summed E-state index contributed by atoms with van der Waals surface area (Å²) in [4.78, 5) is 0. The van der Waals surface area contributed by atoms with Gasteiger partial charge in [0.1, 0.15) is 11.5 Å². The molecule has 2 aromatic carbocycles. The minimum Gasteiger partial charge on any atom is -0.457 e. The molecule has 0 heterocycles. The standard InChI is InChI=1S/C12H10O.BH3/c1-3-7-11(8-4-1)13-12-9-5-2-6-10-12;/h1-10H;1H3. The quantitative estimate of drug-likeness (QED) is 0.650. The summed E-state index contributed by atoms with van der Waals surface area (Å²) in [6, 6.07) is 19.5. The molecule has 0 saturated heterocycles. The molecule has 70 valence electrons. The molecule has 0 saturated carbocycles. The highest BCUT2D eigenvalue weighted by Crippen LogP contribution is 2.19. The summed E-state index contributed by atoms with van der Waals surface area (Å²) in [6.07, 6.45) is 0. The van der Waals surface area contributed by atoms with Crippen molar-refractivity contribution in [3.63, 3.8) is 0 Å². The van der Waals surface area contributed by atoms with Crippen LogP contribution in [0, 0.1) is 0 Å². The highest BCUT2D eigenvalue weighted by Gasteiger charge is 1.92. The molecule has 0 radical (unpaired) electrons. The van der Waals surface area contributed by atoms with Gasteiger partial charge in [0, 0.05) is 0 Å². The van der Waals surface area contributed by atoms with Crippen LogP contribution in [0.4, 0.5) is 0 Å². The van der Waals surface area contributed by atoms with Crippen LogP contribution in [-0.4, -0.2) is 8.41 Å². The van der Waals surface area contributed by atoms with E-state index in [4.69, 9.17) is 4.74 Å². The van der Waals surface area contributed by atoms with Crippen molar-refractivity contribution in [1.29, 1.82) is 0 Å². The third-order valence-corrected chi connectivity index (χ3v) is 1.72. The summed E-state index contributed by atoms with van der Waals surface area (Å²) in [7, 11) is 0. The van der Waals surface area contributed by atoms with E-state index >= 15 is 0 Å². The lowest BCUT2D eigenvalue weighted by Gasteiger charge is -2.03. The molecule has 2 aromatic rings. The van der Waals surface area contributed by atoms with Crippen LogP contribution in [0.25, 0.3) is 0 Å². The smallest absolute Gasteiger partial charge is 0.127 e. The van der Waals surface area contributed by atoms with Crippen LogP contribution < -0.4 is 4.74 Å². The maximum absolute atomic E-state index is 5.58. The third-order valence-electron chi connectivity index (χ3n) is 1.72. The Bertz CT molecular complexity index is 321. The zero-order valence-electron chi connectivity index (χ0n) is 7.18. The average Bonchev–Trinajstić information content (AvgIpc) is 2.21. The normalized spacial score (nSPS) is 8.86. The first-order chi connectivity index (χ1) is 6.45. The van der Waals surface area contributed by atoms with Gasteiger partial charge in [-0.05, 0) is 24.3 Å². The van der Waals surface area contributed by atoms with Gasteiger partial charge in [0.15, 0.2) is 0 Å². The van der Waals surface area contributed by atoms with Gasteiger partial charge in [0.25, 0.3) is 0 Å². The van der Waals surface area contributed by atoms with Gasteiger partial charge in [-0.1, -0.05) is 36.4 Å². The Hall–Kier alpha value is -1.70. The molecule has 2 rings (SSSR count). The molecule has 1 nitrogen and oxygen atoms in total. The number of benzene rings is 2. The largest absolute Gasteiger partial charge is 0.457 e. The Kier molecular flexibility index (Phi) is 3.80. The molecule has 0 aliphatic rings. The second-order valence-electron chi connectivity index (χ2n) is 2.73. The molecule has 0 unspecified atom stereocenters. The Morgan fingerprint density at radius 1 is 0.571 bits per heavy atom. The fourth-order valence-electron chi connectivity index (χ4n) is 1.11. The monoisotopic (exact) mass is 184 g/mol.